The largest absolute Gasteiger partial charge is 0.451 e. The Labute approximate surface area is 160 Å². The highest BCUT2D eigenvalue weighted by molar-refractivity contribution is 5.93. The van der Waals surface area contributed by atoms with Crippen LogP contribution in [-0.4, -0.2) is 48.0 Å². The van der Waals surface area contributed by atoms with Gasteiger partial charge in [-0.3, -0.25) is 4.79 Å². The third-order valence-corrected chi connectivity index (χ3v) is 4.84. The molecule has 148 valence electrons. The van der Waals surface area contributed by atoms with Crippen LogP contribution in [0.4, 0.5) is 10.5 Å². The van der Waals surface area contributed by atoms with Gasteiger partial charge in [-0.25, -0.2) is 9.59 Å². The normalized spacial score (nSPS) is 16.7. The number of carbonyl (C=O) groups is 3. The molecule has 1 aromatic carbocycles. The number of esters is 1. The zero-order valence-corrected chi connectivity index (χ0v) is 16.2. The van der Waals surface area contributed by atoms with E-state index in [0.717, 1.165) is 25.7 Å². The maximum absolute atomic E-state index is 12.5. The van der Waals surface area contributed by atoms with Crippen molar-refractivity contribution in [1.82, 2.24) is 10.2 Å². The zero-order valence-electron chi connectivity index (χ0n) is 16.2. The molecule has 7 heteroatoms. The van der Waals surface area contributed by atoms with Crippen LogP contribution in [0.3, 0.4) is 0 Å². The van der Waals surface area contributed by atoms with E-state index < -0.39 is 24.1 Å². The van der Waals surface area contributed by atoms with E-state index in [2.05, 4.69) is 10.6 Å². The molecular formula is C20H29N3O4. The summed E-state index contributed by atoms with van der Waals surface area (Å²) in [6.07, 6.45) is 4.53. The Bertz CT molecular complexity index is 644. The molecule has 0 radical (unpaired) electrons. The van der Waals surface area contributed by atoms with Crippen LogP contribution in [0, 0.1) is 0 Å². The number of rotatable bonds is 6. The first kappa shape index (κ1) is 20.7. The molecule has 1 saturated carbocycles. The first-order chi connectivity index (χ1) is 12.9. The van der Waals surface area contributed by atoms with E-state index in [9.17, 15) is 14.4 Å². The standard InChI is InChI=1S/C20H29N3O4/c1-14(21-20(26)22-16-10-6-4-7-11-16)19(25)27-15(2)18(24)23(3)17-12-8-5-9-13-17/h4,6-7,10-11,14-15,17H,5,8-9,12-13H2,1-3H3,(H2,21,22,26). The van der Waals surface area contributed by atoms with Crippen LogP contribution >= 0.6 is 0 Å². The Balaban J connectivity index is 1.80. The lowest BCUT2D eigenvalue weighted by molar-refractivity contribution is -0.160. The second-order valence-corrected chi connectivity index (χ2v) is 7.01. The Morgan fingerprint density at radius 1 is 1.07 bits per heavy atom. The molecule has 1 aliphatic carbocycles. The van der Waals surface area contributed by atoms with Crippen molar-refractivity contribution in [2.24, 2.45) is 0 Å². The number of nitrogens with zero attached hydrogens (tertiary/aromatic N) is 1. The van der Waals surface area contributed by atoms with Crippen LogP contribution < -0.4 is 10.6 Å². The van der Waals surface area contributed by atoms with Crippen LogP contribution in [-0.2, 0) is 14.3 Å². The van der Waals surface area contributed by atoms with Gasteiger partial charge in [0.1, 0.15) is 6.04 Å². The van der Waals surface area contributed by atoms with Crippen LogP contribution in [0.1, 0.15) is 46.0 Å². The fraction of sp³-hybridized carbons (Fsp3) is 0.550. The van der Waals surface area contributed by atoms with Gasteiger partial charge in [0.05, 0.1) is 0 Å². The molecule has 3 amide bonds. The summed E-state index contributed by atoms with van der Waals surface area (Å²) >= 11 is 0. The second-order valence-electron chi connectivity index (χ2n) is 7.01. The summed E-state index contributed by atoms with van der Waals surface area (Å²) in [6, 6.07) is 7.74. The zero-order chi connectivity index (χ0) is 19.8. The quantitative estimate of drug-likeness (QED) is 0.749. The number of anilines is 1. The van der Waals surface area contributed by atoms with Crippen molar-refractivity contribution in [3.8, 4) is 0 Å². The highest BCUT2D eigenvalue weighted by Gasteiger charge is 2.29. The van der Waals surface area contributed by atoms with E-state index in [-0.39, 0.29) is 11.9 Å². The van der Waals surface area contributed by atoms with Gasteiger partial charge in [0.25, 0.3) is 5.91 Å². The van der Waals surface area contributed by atoms with E-state index in [1.807, 2.05) is 6.07 Å². The first-order valence-electron chi connectivity index (χ1n) is 9.48. The van der Waals surface area contributed by atoms with E-state index in [1.54, 1.807) is 43.1 Å². The Morgan fingerprint density at radius 2 is 1.70 bits per heavy atom. The SMILES string of the molecule is CC(NC(=O)Nc1ccccc1)C(=O)OC(C)C(=O)N(C)C1CCCCC1. The van der Waals surface area contributed by atoms with Gasteiger partial charge in [-0.15, -0.1) is 0 Å². The van der Waals surface area contributed by atoms with Crippen LogP contribution in [0.5, 0.6) is 0 Å². The van der Waals surface area contributed by atoms with Crippen LogP contribution in [0.2, 0.25) is 0 Å². The Morgan fingerprint density at radius 3 is 2.33 bits per heavy atom. The lowest BCUT2D eigenvalue weighted by Gasteiger charge is -2.32. The number of ether oxygens (including phenoxy) is 1. The highest BCUT2D eigenvalue weighted by atomic mass is 16.5. The number of likely N-dealkylation sites (N-methyl/N-ethyl adjacent to an activating group) is 1. The van der Waals surface area contributed by atoms with Crippen molar-refractivity contribution < 1.29 is 19.1 Å². The summed E-state index contributed by atoms with van der Waals surface area (Å²) < 4.78 is 5.26. The van der Waals surface area contributed by atoms with E-state index >= 15 is 0 Å². The molecule has 2 atom stereocenters. The molecule has 0 saturated heterocycles. The predicted molar refractivity (Wildman–Crippen MR) is 103 cm³/mol. The van der Waals surface area contributed by atoms with Crippen molar-refractivity contribution in [2.45, 2.75) is 64.1 Å². The van der Waals surface area contributed by atoms with Crippen LogP contribution in [0.15, 0.2) is 30.3 Å². The maximum atomic E-state index is 12.5. The van der Waals surface area contributed by atoms with Gasteiger partial charge in [0.2, 0.25) is 0 Å². The minimum atomic E-state index is -0.883. The van der Waals surface area contributed by atoms with Crippen molar-refractivity contribution >= 4 is 23.6 Å². The molecule has 2 N–H and O–H groups in total. The van der Waals surface area contributed by atoms with Gasteiger partial charge < -0.3 is 20.3 Å². The van der Waals surface area contributed by atoms with Gasteiger partial charge in [-0.1, -0.05) is 37.5 Å². The molecule has 1 aromatic rings. The third kappa shape index (κ3) is 6.27. The molecular weight excluding hydrogens is 346 g/mol. The molecule has 0 bridgehead atoms. The lowest BCUT2D eigenvalue weighted by Crippen LogP contribution is -2.47. The maximum Gasteiger partial charge on any atom is 0.329 e. The van der Waals surface area contributed by atoms with Gasteiger partial charge in [-0.2, -0.15) is 0 Å². The van der Waals surface area contributed by atoms with E-state index in [4.69, 9.17) is 4.74 Å². The minimum Gasteiger partial charge on any atom is -0.451 e. The molecule has 2 unspecified atom stereocenters. The second kappa shape index (κ2) is 9.94. The summed E-state index contributed by atoms with van der Waals surface area (Å²) in [5.74, 6) is -0.854. The average molecular weight is 375 g/mol. The summed E-state index contributed by atoms with van der Waals surface area (Å²) in [4.78, 5) is 38.4. The molecule has 27 heavy (non-hydrogen) atoms. The lowest BCUT2D eigenvalue weighted by atomic mass is 9.94. The molecule has 7 nitrogen and oxygen atoms in total. The minimum absolute atomic E-state index is 0.208. The fourth-order valence-corrected chi connectivity index (χ4v) is 3.21. The fourth-order valence-electron chi connectivity index (χ4n) is 3.21. The summed E-state index contributed by atoms with van der Waals surface area (Å²) in [5.41, 5.74) is 0.619. The predicted octanol–water partition coefficient (Wildman–Crippen LogP) is 2.92. The van der Waals surface area contributed by atoms with Crippen molar-refractivity contribution in [3.05, 3.63) is 30.3 Å². The Kier molecular flexibility index (Phi) is 7.64. The molecule has 2 rings (SSSR count). The Hall–Kier alpha value is -2.57. The number of nitrogens with one attached hydrogen (secondary N) is 2. The van der Waals surface area contributed by atoms with Crippen LogP contribution in [0.25, 0.3) is 0 Å². The van der Waals surface area contributed by atoms with Crippen molar-refractivity contribution in [3.63, 3.8) is 0 Å². The van der Waals surface area contributed by atoms with Gasteiger partial charge in [-0.05, 0) is 38.8 Å². The molecule has 1 fully saturated rings. The van der Waals surface area contributed by atoms with Gasteiger partial charge in [0, 0.05) is 18.8 Å². The third-order valence-electron chi connectivity index (χ3n) is 4.84. The van der Waals surface area contributed by atoms with Gasteiger partial charge in [0.15, 0.2) is 6.10 Å². The van der Waals surface area contributed by atoms with E-state index in [1.165, 1.54) is 13.3 Å². The smallest absolute Gasteiger partial charge is 0.329 e. The monoisotopic (exact) mass is 375 g/mol. The summed E-state index contributed by atoms with van der Waals surface area (Å²) in [6.45, 7) is 3.09. The number of hydrogen-bond donors (Lipinski definition) is 2. The average Bonchev–Trinajstić information content (AvgIpc) is 2.68. The number of urea groups is 1. The van der Waals surface area contributed by atoms with Crippen molar-refractivity contribution in [2.75, 3.05) is 12.4 Å². The number of para-hydroxylation sites is 1. The topological polar surface area (TPSA) is 87.7 Å². The number of benzene rings is 1. The molecule has 0 aliphatic heterocycles. The van der Waals surface area contributed by atoms with E-state index in [0.29, 0.717) is 5.69 Å². The molecule has 0 spiro atoms. The van der Waals surface area contributed by atoms with Gasteiger partial charge >= 0.3 is 12.0 Å². The first-order valence-corrected chi connectivity index (χ1v) is 9.48. The number of amides is 3. The van der Waals surface area contributed by atoms with Crippen molar-refractivity contribution in [1.29, 1.82) is 0 Å². The highest BCUT2D eigenvalue weighted by Crippen LogP contribution is 2.22. The number of carbonyl (C=O) groups excluding carboxylic acids is 3. The summed E-state index contributed by atoms with van der Waals surface area (Å²) in [5, 5.41) is 5.15. The molecule has 0 aromatic heterocycles. The number of hydrogen-bond acceptors (Lipinski definition) is 4. The molecule has 1 aliphatic rings. The summed E-state index contributed by atoms with van der Waals surface area (Å²) in [7, 11) is 1.76. The molecule has 0 heterocycles.